The Kier molecular flexibility index (Phi) is 7.41. The number of benzene rings is 2. The maximum atomic E-state index is 12.4. The van der Waals surface area contributed by atoms with Crippen molar-refractivity contribution in [3.05, 3.63) is 71.4 Å². The topological polar surface area (TPSA) is 78.3 Å². The zero-order chi connectivity index (χ0) is 22.3. The molecular formula is C24H30N4O3. The molecule has 0 bridgehead atoms. The van der Waals surface area contributed by atoms with E-state index in [1.54, 1.807) is 18.1 Å². The van der Waals surface area contributed by atoms with Crippen molar-refractivity contribution < 1.29 is 14.3 Å². The van der Waals surface area contributed by atoms with E-state index in [9.17, 15) is 4.79 Å². The Labute approximate surface area is 183 Å². The third-order valence-electron chi connectivity index (χ3n) is 4.79. The lowest BCUT2D eigenvalue weighted by Crippen LogP contribution is -2.16. The van der Waals surface area contributed by atoms with Crippen molar-refractivity contribution in [1.82, 2.24) is 15.0 Å². The minimum atomic E-state index is -0.117. The number of nitrogens with one attached hydrogen (secondary N) is 1. The predicted molar refractivity (Wildman–Crippen MR) is 120 cm³/mol. The van der Waals surface area contributed by atoms with Gasteiger partial charge in [0, 0.05) is 7.11 Å². The van der Waals surface area contributed by atoms with E-state index in [2.05, 4.69) is 48.4 Å². The van der Waals surface area contributed by atoms with Gasteiger partial charge in [0.15, 0.2) is 5.82 Å². The number of hydrogen-bond donors (Lipinski definition) is 1. The zero-order valence-corrected chi connectivity index (χ0v) is 18.6. The molecule has 1 amide bonds. The van der Waals surface area contributed by atoms with Crippen molar-refractivity contribution >= 4 is 11.7 Å². The molecule has 0 spiro atoms. The fourth-order valence-corrected chi connectivity index (χ4v) is 3.02. The summed E-state index contributed by atoms with van der Waals surface area (Å²) in [6, 6.07) is 15.9. The van der Waals surface area contributed by atoms with Crippen LogP contribution in [-0.2, 0) is 27.9 Å². The summed E-state index contributed by atoms with van der Waals surface area (Å²) < 4.78 is 10.5. The number of carbonyl (C=O) groups is 1. The van der Waals surface area contributed by atoms with Gasteiger partial charge in [-0.15, -0.1) is 5.10 Å². The van der Waals surface area contributed by atoms with E-state index < -0.39 is 0 Å². The smallest absolute Gasteiger partial charge is 0.230 e. The van der Waals surface area contributed by atoms with Crippen molar-refractivity contribution in [3.63, 3.8) is 0 Å². The number of carbonyl (C=O) groups excluding carboxylic acids is 1. The van der Waals surface area contributed by atoms with E-state index in [-0.39, 0.29) is 11.3 Å². The molecule has 0 atom stereocenters. The van der Waals surface area contributed by atoms with E-state index in [4.69, 9.17) is 9.47 Å². The highest BCUT2D eigenvalue weighted by Gasteiger charge is 2.14. The molecule has 0 radical (unpaired) electrons. The molecular weight excluding hydrogens is 392 g/mol. The van der Waals surface area contributed by atoms with Gasteiger partial charge in [0.2, 0.25) is 5.91 Å². The largest absolute Gasteiger partial charge is 0.491 e. The van der Waals surface area contributed by atoms with Gasteiger partial charge < -0.3 is 14.8 Å². The first-order chi connectivity index (χ1) is 14.8. The van der Waals surface area contributed by atoms with Crippen molar-refractivity contribution in [3.8, 4) is 5.75 Å². The van der Waals surface area contributed by atoms with E-state index in [0.29, 0.717) is 32.0 Å². The summed E-state index contributed by atoms with van der Waals surface area (Å²) in [5.41, 5.74) is 3.34. The molecule has 2 aromatic carbocycles. The van der Waals surface area contributed by atoms with Gasteiger partial charge >= 0.3 is 0 Å². The van der Waals surface area contributed by atoms with Crippen molar-refractivity contribution in [2.24, 2.45) is 0 Å². The maximum Gasteiger partial charge on any atom is 0.230 e. The van der Waals surface area contributed by atoms with E-state index >= 15 is 0 Å². The summed E-state index contributed by atoms with van der Waals surface area (Å²) in [7, 11) is 1.64. The second-order valence-electron chi connectivity index (χ2n) is 8.42. The summed E-state index contributed by atoms with van der Waals surface area (Å²) in [5.74, 6) is 1.11. The Bertz CT molecular complexity index is 973. The molecule has 3 aromatic rings. The lowest BCUT2D eigenvalue weighted by Gasteiger charge is -2.19. The molecule has 1 aromatic heterocycles. The number of anilines is 1. The van der Waals surface area contributed by atoms with Crippen LogP contribution in [0.4, 0.5) is 5.82 Å². The lowest BCUT2D eigenvalue weighted by molar-refractivity contribution is -0.115. The third-order valence-corrected chi connectivity index (χ3v) is 4.79. The summed E-state index contributed by atoms with van der Waals surface area (Å²) >= 11 is 0. The molecule has 0 unspecified atom stereocenters. The second-order valence-corrected chi connectivity index (χ2v) is 8.42. The Morgan fingerprint density at radius 3 is 2.32 bits per heavy atom. The number of aromatic nitrogens is 3. The van der Waals surface area contributed by atoms with Crippen LogP contribution in [0.25, 0.3) is 0 Å². The highest BCUT2D eigenvalue weighted by atomic mass is 16.5. The van der Waals surface area contributed by atoms with Crippen LogP contribution in [0, 0.1) is 0 Å². The molecule has 0 saturated heterocycles. The first-order valence-corrected chi connectivity index (χ1v) is 10.3. The molecule has 3 rings (SSSR count). The SMILES string of the molecule is COCCOc1ccc(Cn2ncc(NC(=O)Cc3ccc(C(C)(C)C)cc3)n2)cc1. The lowest BCUT2D eigenvalue weighted by atomic mass is 9.86. The van der Waals surface area contributed by atoms with Crippen LogP contribution in [0.3, 0.4) is 0 Å². The number of hydrogen-bond acceptors (Lipinski definition) is 5. The van der Waals surface area contributed by atoms with Crippen LogP contribution >= 0.6 is 0 Å². The van der Waals surface area contributed by atoms with Crippen molar-refractivity contribution in [2.75, 3.05) is 25.6 Å². The van der Waals surface area contributed by atoms with Gasteiger partial charge in [-0.25, -0.2) is 0 Å². The van der Waals surface area contributed by atoms with Gasteiger partial charge in [-0.1, -0.05) is 57.2 Å². The summed E-state index contributed by atoms with van der Waals surface area (Å²) in [6.07, 6.45) is 1.85. The van der Waals surface area contributed by atoms with Crippen LogP contribution in [-0.4, -0.2) is 41.2 Å². The Morgan fingerprint density at radius 1 is 1.00 bits per heavy atom. The molecule has 164 valence electrons. The summed E-state index contributed by atoms with van der Waals surface area (Å²) in [4.78, 5) is 13.9. The first kappa shape index (κ1) is 22.5. The molecule has 1 N–H and O–H groups in total. The number of amides is 1. The molecule has 7 nitrogen and oxygen atoms in total. The van der Waals surface area contributed by atoms with Gasteiger partial charge in [0.1, 0.15) is 12.4 Å². The van der Waals surface area contributed by atoms with Gasteiger partial charge in [-0.2, -0.15) is 9.90 Å². The Morgan fingerprint density at radius 2 is 1.68 bits per heavy atom. The quantitative estimate of drug-likeness (QED) is 0.530. The summed E-state index contributed by atoms with van der Waals surface area (Å²) in [6.45, 7) is 8.08. The maximum absolute atomic E-state index is 12.4. The normalized spacial score (nSPS) is 11.4. The molecule has 0 aliphatic carbocycles. The molecule has 0 aliphatic heterocycles. The van der Waals surface area contributed by atoms with Crippen LogP contribution < -0.4 is 10.1 Å². The molecule has 31 heavy (non-hydrogen) atoms. The molecule has 7 heteroatoms. The number of methoxy groups -OCH3 is 1. The Hall–Kier alpha value is -3.19. The summed E-state index contributed by atoms with van der Waals surface area (Å²) in [5, 5.41) is 11.4. The minimum absolute atomic E-state index is 0.0939. The van der Waals surface area contributed by atoms with E-state index in [1.165, 1.54) is 5.56 Å². The minimum Gasteiger partial charge on any atom is -0.491 e. The number of nitrogens with zero attached hydrogens (tertiary/aromatic N) is 3. The molecule has 0 fully saturated rings. The number of ether oxygens (including phenoxy) is 2. The monoisotopic (exact) mass is 422 g/mol. The Balaban J connectivity index is 1.50. The van der Waals surface area contributed by atoms with Gasteiger partial charge in [-0.05, 0) is 34.2 Å². The first-order valence-electron chi connectivity index (χ1n) is 10.3. The molecule has 0 aliphatic rings. The average Bonchev–Trinajstić information content (AvgIpc) is 3.15. The predicted octanol–water partition coefficient (Wildman–Crippen LogP) is 3.83. The van der Waals surface area contributed by atoms with Crippen molar-refractivity contribution in [1.29, 1.82) is 0 Å². The van der Waals surface area contributed by atoms with E-state index in [0.717, 1.165) is 16.9 Å². The average molecular weight is 423 g/mol. The number of rotatable bonds is 9. The van der Waals surface area contributed by atoms with Crippen molar-refractivity contribution in [2.45, 2.75) is 39.2 Å². The molecule has 0 saturated carbocycles. The fourth-order valence-electron chi connectivity index (χ4n) is 3.02. The third kappa shape index (κ3) is 6.93. The highest BCUT2D eigenvalue weighted by Crippen LogP contribution is 2.22. The van der Waals surface area contributed by atoms with Gasteiger partial charge in [-0.3, -0.25) is 4.79 Å². The standard InChI is InChI=1S/C24H30N4O3/c1-24(2,3)20-9-5-18(6-10-20)15-23(29)26-22-16-25-28(27-22)17-19-7-11-21(12-8-19)31-14-13-30-4/h5-12,16H,13-15,17H2,1-4H3,(H,26,27,29). The van der Waals surface area contributed by atoms with Crippen LogP contribution in [0.15, 0.2) is 54.7 Å². The highest BCUT2D eigenvalue weighted by molar-refractivity contribution is 5.91. The molecule has 1 heterocycles. The van der Waals surface area contributed by atoms with E-state index in [1.807, 2.05) is 36.4 Å². The van der Waals surface area contributed by atoms with Crippen LogP contribution in [0.1, 0.15) is 37.5 Å². The fraction of sp³-hybridized carbons (Fsp3) is 0.375. The van der Waals surface area contributed by atoms with Crippen LogP contribution in [0.2, 0.25) is 0 Å². The van der Waals surface area contributed by atoms with Crippen LogP contribution in [0.5, 0.6) is 5.75 Å². The second kappa shape index (κ2) is 10.2. The van der Waals surface area contributed by atoms with Gasteiger partial charge in [0.05, 0.1) is 25.8 Å². The zero-order valence-electron chi connectivity index (χ0n) is 18.6. The van der Waals surface area contributed by atoms with Gasteiger partial charge in [0.25, 0.3) is 0 Å².